The van der Waals surface area contributed by atoms with Crippen molar-refractivity contribution in [3.63, 3.8) is 0 Å². The fourth-order valence-corrected chi connectivity index (χ4v) is 1.12. The summed E-state index contributed by atoms with van der Waals surface area (Å²) in [4.78, 5) is 22.5. The first-order valence-corrected chi connectivity index (χ1v) is 5.32. The van der Waals surface area contributed by atoms with Gasteiger partial charge >= 0.3 is 5.97 Å². The highest BCUT2D eigenvalue weighted by Crippen LogP contribution is 2.04. The molecule has 1 rings (SSSR count). The van der Waals surface area contributed by atoms with Crippen molar-refractivity contribution in [3.05, 3.63) is 42.5 Å². The summed E-state index contributed by atoms with van der Waals surface area (Å²) in [5, 5.41) is 2.62. The van der Waals surface area contributed by atoms with Gasteiger partial charge in [-0.1, -0.05) is 18.2 Å². The van der Waals surface area contributed by atoms with Crippen LogP contribution in [0, 0.1) is 0 Å². The number of hydrogen-bond acceptors (Lipinski definition) is 3. The molecule has 0 aliphatic carbocycles. The number of para-hydroxylation sites is 1. The molecule has 0 heterocycles. The van der Waals surface area contributed by atoms with Crippen molar-refractivity contribution in [2.24, 2.45) is 0 Å². The van der Waals surface area contributed by atoms with Crippen molar-refractivity contribution in [3.8, 4) is 0 Å². The van der Waals surface area contributed by atoms with E-state index in [1.807, 2.05) is 18.2 Å². The highest BCUT2D eigenvalue weighted by Gasteiger charge is 2.02. The van der Waals surface area contributed by atoms with E-state index in [1.165, 1.54) is 0 Å². The zero-order valence-corrected chi connectivity index (χ0v) is 9.84. The monoisotopic (exact) mass is 233 g/mol. The third kappa shape index (κ3) is 5.51. The number of carbonyl (C=O) groups is 2. The second-order valence-corrected chi connectivity index (χ2v) is 3.67. The molecule has 1 aromatic rings. The van der Waals surface area contributed by atoms with Crippen molar-refractivity contribution >= 4 is 17.6 Å². The second kappa shape index (κ2) is 6.48. The van der Waals surface area contributed by atoms with Gasteiger partial charge in [-0.15, -0.1) is 0 Å². The van der Waals surface area contributed by atoms with E-state index in [1.54, 1.807) is 26.0 Å². The first-order valence-electron chi connectivity index (χ1n) is 5.32. The SMILES string of the molecule is CC(C)OC(=O)/C=C/C(=O)Nc1ccccc1. The van der Waals surface area contributed by atoms with Crippen molar-refractivity contribution in [1.82, 2.24) is 0 Å². The Balaban J connectivity index is 2.45. The van der Waals surface area contributed by atoms with Crippen LogP contribution in [0.5, 0.6) is 0 Å². The summed E-state index contributed by atoms with van der Waals surface area (Å²) in [6.45, 7) is 3.49. The zero-order chi connectivity index (χ0) is 12.7. The molecule has 0 saturated carbocycles. The molecule has 0 spiro atoms. The van der Waals surface area contributed by atoms with Gasteiger partial charge < -0.3 is 10.1 Å². The third-order valence-corrected chi connectivity index (χ3v) is 1.76. The predicted molar refractivity (Wildman–Crippen MR) is 65.4 cm³/mol. The minimum Gasteiger partial charge on any atom is -0.460 e. The first-order chi connectivity index (χ1) is 8.08. The Kier molecular flexibility index (Phi) is 4.94. The first kappa shape index (κ1) is 13.0. The lowest BCUT2D eigenvalue weighted by Gasteiger charge is -2.04. The van der Waals surface area contributed by atoms with Crippen molar-refractivity contribution in [1.29, 1.82) is 0 Å². The Labute approximate surface area is 100 Å². The minimum atomic E-state index is -0.525. The molecule has 90 valence electrons. The molecular weight excluding hydrogens is 218 g/mol. The summed E-state index contributed by atoms with van der Waals surface area (Å²) in [5.74, 6) is -0.889. The van der Waals surface area contributed by atoms with Crippen LogP contribution in [0.15, 0.2) is 42.5 Å². The second-order valence-electron chi connectivity index (χ2n) is 3.67. The Morgan fingerprint density at radius 3 is 2.41 bits per heavy atom. The van der Waals surface area contributed by atoms with Crippen LogP contribution in [0.2, 0.25) is 0 Å². The molecule has 0 atom stereocenters. The standard InChI is InChI=1S/C13H15NO3/c1-10(2)17-13(16)9-8-12(15)14-11-6-4-3-5-7-11/h3-10H,1-2H3,(H,14,15)/b9-8+. The molecule has 0 radical (unpaired) electrons. The van der Waals surface area contributed by atoms with E-state index in [0.717, 1.165) is 12.2 Å². The Bertz CT molecular complexity index is 410. The van der Waals surface area contributed by atoms with E-state index in [-0.39, 0.29) is 12.0 Å². The van der Waals surface area contributed by atoms with Gasteiger partial charge in [-0.25, -0.2) is 4.79 Å². The number of esters is 1. The van der Waals surface area contributed by atoms with Gasteiger partial charge in [0, 0.05) is 17.8 Å². The number of ether oxygens (including phenoxy) is 1. The summed E-state index contributed by atoms with van der Waals surface area (Å²) >= 11 is 0. The van der Waals surface area contributed by atoms with Crippen LogP contribution in [0.4, 0.5) is 5.69 Å². The molecule has 0 fully saturated rings. The molecular formula is C13H15NO3. The Morgan fingerprint density at radius 1 is 1.18 bits per heavy atom. The van der Waals surface area contributed by atoms with Crippen LogP contribution in [0.25, 0.3) is 0 Å². The molecule has 4 heteroatoms. The van der Waals surface area contributed by atoms with E-state index in [0.29, 0.717) is 5.69 Å². The Hall–Kier alpha value is -2.10. The van der Waals surface area contributed by atoms with Crippen molar-refractivity contribution < 1.29 is 14.3 Å². The van der Waals surface area contributed by atoms with Gasteiger partial charge in [0.15, 0.2) is 0 Å². The van der Waals surface area contributed by atoms with E-state index < -0.39 is 5.97 Å². The summed E-state index contributed by atoms with van der Waals surface area (Å²) in [7, 11) is 0. The quantitative estimate of drug-likeness (QED) is 0.640. The number of carbonyl (C=O) groups excluding carboxylic acids is 2. The van der Waals surface area contributed by atoms with Gasteiger partial charge in [0.25, 0.3) is 0 Å². The topological polar surface area (TPSA) is 55.4 Å². The van der Waals surface area contributed by atoms with Gasteiger partial charge in [0.1, 0.15) is 0 Å². The molecule has 17 heavy (non-hydrogen) atoms. The molecule has 0 unspecified atom stereocenters. The molecule has 4 nitrogen and oxygen atoms in total. The minimum absolute atomic E-state index is 0.190. The average molecular weight is 233 g/mol. The summed E-state index contributed by atoms with van der Waals surface area (Å²) in [5.41, 5.74) is 0.680. The van der Waals surface area contributed by atoms with Crippen LogP contribution >= 0.6 is 0 Å². The maximum absolute atomic E-state index is 11.4. The largest absolute Gasteiger partial charge is 0.460 e. The van der Waals surface area contributed by atoms with Crippen LogP contribution in [0.3, 0.4) is 0 Å². The number of benzene rings is 1. The number of amides is 1. The lowest BCUT2D eigenvalue weighted by Crippen LogP contribution is -2.11. The molecule has 0 saturated heterocycles. The lowest BCUT2D eigenvalue weighted by molar-refractivity contribution is -0.141. The molecule has 0 bridgehead atoms. The molecule has 0 aromatic heterocycles. The van der Waals surface area contributed by atoms with Crippen LogP contribution in [-0.4, -0.2) is 18.0 Å². The predicted octanol–water partition coefficient (Wildman–Crippen LogP) is 2.13. The maximum atomic E-state index is 11.4. The van der Waals surface area contributed by atoms with E-state index in [9.17, 15) is 9.59 Å². The molecule has 1 aromatic carbocycles. The summed E-state index contributed by atoms with van der Waals surface area (Å²) in [6, 6.07) is 9.00. The Morgan fingerprint density at radius 2 is 1.82 bits per heavy atom. The van der Waals surface area contributed by atoms with Gasteiger partial charge in [-0.3, -0.25) is 4.79 Å². The molecule has 1 amide bonds. The van der Waals surface area contributed by atoms with Gasteiger partial charge in [-0.05, 0) is 26.0 Å². The summed E-state index contributed by atoms with van der Waals surface area (Å²) < 4.78 is 4.85. The fraction of sp³-hybridized carbons (Fsp3) is 0.231. The van der Waals surface area contributed by atoms with Gasteiger partial charge in [0.2, 0.25) is 5.91 Å². The number of nitrogens with one attached hydrogen (secondary N) is 1. The molecule has 0 aliphatic rings. The number of rotatable bonds is 4. The highest BCUT2D eigenvalue weighted by molar-refractivity contribution is 6.02. The lowest BCUT2D eigenvalue weighted by atomic mass is 10.3. The fourth-order valence-electron chi connectivity index (χ4n) is 1.12. The van der Waals surface area contributed by atoms with Crippen molar-refractivity contribution in [2.75, 3.05) is 5.32 Å². The van der Waals surface area contributed by atoms with Crippen LogP contribution in [-0.2, 0) is 14.3 Å². The van der Waals surface area contributed by atoms with Crippen LogP contribution < -0.4 is 5.32 Å². The van der Waals surface area contributed by atoms with Gasteiger partial charge in [-0.2, -0.15) is 0 Å². The van der Waals surface area contributed by atoms with E-state index >= 15 is 0 Å². The summed E-state index contributed by atoms with van der Waals surface area (Å²) in [6.07, 6.45) is 2.07. The maximum Gasteiger partial charge on any atom is 0.331 e. The smallest absolute Gasteiger partial charge is 0.331 e. The molecule has 1 N–H and O–H groups in total. The zero-order valence-electron chi connectivity index (χ0n) is 9.84. The number of hydrogen-bond donors (Lipinski definition) is 1. The molecule has 0 aliphatic heterocycles. The third-order valence-electron chi connectivity index (χ3n) is 1.76. The van der Waals surface area contributed by atoms with E-state index in [4.69, 9.17) is 4.74 Å². The van der Waals surface area contributed by atoms with Gasteiger partial charge in [0.05, 0.1) is 6.10 Å². The number of anilines is 1. The highest BCUT2D eigenvalue weighted by atomic mass is 16.5. The average Bonchev–Trinajstić information content (AvgIpc) is 2.27. The van der Waals surface area contributed by atoms with Crippen LogP contribution in [0.1, 0.15) is 13.8 Å². The van der Waals surface area contributed by atoms with E-state index in [2.05, 4.69) is 5.32 Å². The van der Waals surface area contributed by atoms with Crippen molar-refractivity contribution in [2.45, 2.75) is 20.0 Å². The normalized spacial score (nSPS) is 10.5.